The number of pyridine rings is 1. The summed E-state index contributed by atoms with van der Waals surface area (Å²) < 4.78 is 7.49. The van der Waals surface area contributed by atoms with Gasteiger partial charge in [-0.3, -0.25) is 9.78 Å². The molecule has 1 aliphatic heterocycles. The van der Waals surface area contributed by atoms with E-state index < -0.39 is 0 Å². The predicted octanol–water partition coefficient (Wildman–Crippen LogP) is 3.48. The minimum Gasteiger partial charge on any atom is -0.495 e. The van der Waals surface area contributed by atoms with Crippen molar-refractivity contribution in [3.8, 4) is 11.4 Å². The van der Waals surface area contributed by atoms with Gasteiger partial charge in [-0.1, -0.05) is 24.3 Å². The smallest absolute Gasteiger partial charge is 0.251 e. The Labute approximate surface area is 225 Å². The number of fused-ring (bicyclic) bond motifs is 1. The molecule has 1 amide bonds. The van der Waals surface area contributed by atoms with Gasteiger partial charge in [0.05, 0.1) is 30.1 Å². The van der Waals surface area contributed by atoms with E-state index in [0.717, 1.165) is 65.7 Å². The lowest BCUT2D eigenvalue weighted by Gasteiger charge is -2.37. The number of para-hydroxylation sites is 1. The number of ether oxygens (including phenoxy) is 1. The fourth-order valence-electron chi connectivity index (χ4n) is 4.87. The summed E-state index contributed by atoms with van der Waals surface area (Å²) in [6.45, 7) is 3.41. The molecule has 5 aromatic rings. The zero-order valence-corrected chi connectivity index (χ0v) is 21.6. The van der Waals surface area contributed by atoms with Crippen LogP contribution in [-0.2, 0) is 6.54 Å². The van der Waals surface area contributed by atoms with Crippen LogP contribution in [0.2, 0.25) is 0 Å². The third kappa shape index (κ3) is 4.96. The van der Waals surface area contributed by atoms with E-state index in [1.807, 2.05) is 65.5 Å². The molecule has 2 aromatic carbocycles. The number of piperazine rings is 1. The number of nitrogens with one attached hydrogen (secondary N) is 1. The molecular formula is C29H28N8O2. The van der Waals surface area contributed by atoms with Crippen LogP contribution in [0.4, 0.5) is 11.5 Å². The normalized spacial score (nSPS) is 13.5. The second kappa shape index (κ2) is 10.8. The largest absolute Gasteiger partial charge is 0.495 e. The molecule has 1 saturated heterocycles. The molecule has 0 spiro atoms. The molecule has 1 N–H and O–H groups in total. The molecule has 0 bridgehead atoms. The molecule has 1 aliphatic rings. The van der Waals surface area contributed by atoms with Crippen molar-refractivity contribution >= 4 is 28.4 Å². The molecule has 0 aliphatic carbocycles. The molecule has 4 heterocycles. The summed E-state index contributed by atoms with van der Waals surface area (Å²) in [6.07, 6.45) is 6.89. The number of carbonyl (C=O) groups excluding carboxylic acids is 1. The summed E-state index contributed by atoms with van der Waals surface area (Å²) in [5, 5.41) is 8.48. The van der Waals surface area contributed by atoms with Crippen molar-refractivity contribution in [3.05, 3.63) is 96.7 Å². The molecule has 39 heavy (non-hydrogen) atoms. The molecule has 3 aromatic heterocycles. The van der Waals surface area contributed by atoms with E-state index in [0.29, 0.717) is 12.1 Å². The fraction of sp³-hybridized carbons (Fsp3) is 0.207. The predicted molar refractivity (Wildman–Crippen MR) is 149 cm³/mol. The van der Waals surface area contributed by atoms with Gasteiger partial charge in [-0.25, -0.2) is 14.6 Å². The summed E-state index contributed by atoms with van der Waals surface area (Å²) in [7, 11) is 1.65. The van der Waals surface area contributed by atoms with Crippen LogP contribution < -0.4 is 19.9 Å². The SMILES string of the molecule is COc1ccc(C(=O)NCc2cccnc2)cc1N1CCN(c2ncnc3c2cnn3-c2ccccc2)CC1. The summed E-state index contributed by atoms with van der Waals surface area (Å²) in [5.74, 6) is 1.47. The van der Waals surface area contributed by atoms with Gasteiger partial charge in [-0.05, 0) is 42.0 Å². The van der Waals surface area contributed by atoms with E-state index in [4.69, 9.17) is 4.74 Å². The number of methoxy groups -OCH3 is 1. The maximum Gasteiger partial charge on any atom is 0.251 e. The van der Waals surface area contributed by atoms with Gasteiger partial charge >= 0.3 is 0 Å². The Morgan fingerprint density at radius 2 is 1.77 bits per heavy atom. The first-order valence-electron chi connectivity index (χ1n) is 12.8. The Bertz CT molecular complexity index is 1580. The van der Waals surface area contributed by atoms with E-state index in [1.165, 1.54) is 0 Å². The molecule has 0 atom stereocenters. The Hall–Kier alpha value is -4.99. The number of amides is 1. The van der Waals surface area contributed by atoms with Gasteiger partial charge in [0.2, 0.25) is 0 Å². The molecule has 0 unspecified atom stereocenters. The summed E-state index contributed by atoms with van der Waals surface area (Å²) >= 11 is 0. The quantitative estimate of drug-likeness (QED) is 0.348. The van der Waals surface area contributed by atoms with Crippen molar-refractivity contribution in [1.82, 2.24) is 30.0 Å². The molecule has 0 saturated carbocycles. The number of aromatic nitrogens is 5. The first kappa shape index (κ1) is 24.4. The van der Waals surface area contributed by atoms with Gasteiger partial charge in [0.25, 0.3) is 5.91 Å². The highest BCUT2D eigenvalue weighted by Gasteiger charge is 2.24. The van der Waals surface area contributed by atoms with Crippen molar-refractivity contribution in [2.24, 2.45) is 0 Å². The zero-order chi connectivity index (χ0) is 26.6. The number of hydrogen-bond acceptors (Lipinski definition) is 8. The lowest BCUT2D eigenvalue weighted by molar-refractivity contribution is 0.0951. The van der Waals surface area contributed by atoms with Crippen molar-refractivity contribution in [2.75, 3.05) is 43.1 Å². The summed E-state index contributed by atoms with van der Waals surface area (Å²) in [5.41, 5.74) is 4.17. The average molecular weight is 521 g/mol. The lowest BCUT2D eigenvalue weighted by Crippen LogP contribution is -2.47. The van der Waals surface area contributed by atoms with Crippen LogP contribution in [0.15, 0.2) is 85.6 Å². The van der Waals surface area contributed by atoms with Gasteiger partial charge < -0.3 is 19.9 Å². The van der Waals surface area contributed by atoms with Gasteiger partial charge in [0.15, 0.2) is 5.65 Å². The van der Waals surface area contributed by atoms with Crippen molar-refractivity contribution in [3.63, 3.8) is 0 Å². The maximum absolute atomic E-state index is 12.9. The van der Waals surface area contributed by atoms with Gasteiger partial charge in [0, 0.05) is 50.7 Å². The highest BCUT2D eigenvalue weighted by atomic mass is 16.5. The van der Waals surface area contributed by atoms with Crippen LogP contribution in [0.25, 0.3) is 16.7 Å². The summed E-state index contributed by atoms with van der Waals surface area (Å²) in [6, 6.07) is 19.3. The first-order chi connectivity index (χ1) is 19.2. The van der Waals surface area contributed by atoms with E-state index in [1.54, 1.807) is 31.9 Å². The number of hydrogen-bond donors (Lipinski definition) is 1. The minimum absolute atomic E-state index is 0.139. The van der Waals surface area contributed by atoms with Crippen LogP contribution in [0.1, 0.15) is 15.9 Å². The number of benzene rings is 2. The topological polar surface area (TPSA) is 101 Å². The second-order valence-electron chi connectivity index (χ2n) is 9.23. The van der Waals surface area contributed by atoms with E-state index in [9.17, 15) is 4.79 Å². The Balaban J connectivity index is 1.18. The Kier molecular flexibility index (Phi) is 6.73. The van der Waals surface area contributed by atoms with Crippen molar-refractivity contribution in [2.45, 2.75) is 6.54 Å². The molecule has 1 fully saturated rings. The Morgan fingerprint density at radius 3 is 2.54 bits per heavy atom. The van der Waals surface area contributed by atoms with E-state index in [2.05, 4.69) is 35.2 Å². The standard InChI is InChI=1S/C29H28N8O2/c1-39-26-10-9-22(29(38)31-18-21-6-5-11-30-17-21)16-25(26)35-12-14-36(15-13-35)27-24-19-34-37(28(24)33-20-32-27)23-7-3-2-4-8-23/h2-11,16-17,19-20H,12-15,18H2,1H3,(H,31,38). The van der Waals surface area contributed by atoms with Crippen LogP contribution in [-0.4, -0.2) is 63.9 Å². The average Bonchev–Trinajstić information content (AvgIpc) is 3.45. The molecule has 6 rings (SSSR count). The lowest BCUT2D eigenvalue weighted by atomic mass is 10.1. The third-order valence-electron chi connectivity index (χ3n) is 6.88. The summed E-state index contributed by atoms with van der Waals surface area (Å²) in [4.78, 5) is 30.6. The minimum atomic E-state index is -0.139. The first-order valence-corrected chi connectivity index (χ1v) is 12.8. The molecule has 10 heteroatoms. The second-order valence-corrected chi connectivity index (χ2v) is 9.23. The molecular weight excluding hydrogens is 492 g/mol. The molecule has 196 valence electrons. The van der Waals surface area contributed by atoms with E-state index in [-0.39, 0.29) is 5.91 Å². The number of anilines is 2. The third-order valence-corrected chi connectivity index (χ3v) is 6.88. The molecule has 10 nitrogen and oxygen atoms in total. The van der Waals surface area contributed by atoms with Gasteiger partial charge in [-0.2, -0.15) is 5.10 Å². The number of rotatable bonds is 7. The number of carbonyl (C=O) groups is 1. The van der Waals surface area contributed by atoms with Crippen molar-refractivity contribution < 1.29 is 9.53 Å². The van der Waals surface area contributed by atoms with Crippen LogP contribution >= 0.6 is 0 Å². The molecule has 0 radical (unpaired) electrons. The Morgan fingerprint density at radius 1 is 0.949 bits per heavy atom. The van der Waals surface area contributed by atoms with Gasteiger partial charge in [0.1, 0.15) is 17.9 Å². The highest BCUT2D eigenvalue weighted by molar-refractivity contribution is 5.95. The van der Waals surface area contributed by atoms with Crippen molar-refractivity contribution in [1.29, 1.82) is 0 Å². The monoisotopic (exact) mass is 520 g/mol. The highest BCUT2D eigenvalue weighted by Crippen LogP contribution is 2.32. The fourth-order valence-corrected chi connectivity index (χ4v) is 4.87. The van der Waals surface area contributed by atoms with E-state index >= 15 is 0 Å². The van der Waals surface area contributed by atoms with Crippen LogP contribution in [0.5, 0.6) is 5.75 Å². The maximum atomic E-state index is 12.9. The van der Waals surface area contributed by atoms with Crippen LogP contribution in [0, 0.1) is 0 Å². The zero-order valence-electron chi connectivity index (χ0n) is 21.6. The number of nitrogens with zero attached hydrogens (tertiary/aromatic N) is 7. The van der Waals surface area contributed by atoms with Crippen LogP contribution in [0.3, 0.4) is 0 Å². The van der Waals surface area contributed by atoms with Gasteiger partial charge in [-0.15, -0.1) is 0 Å².